The van der Waals surface area contributed by atoms with E-state index in [1.807, 2.05) is 30.0 Å². The summed E-state index contributed by atoms with van der Waals surface area (Å²) >= 11 is 0. The summed E-state index contributed by atoms with van der Waals surface area (Å²) in [6, 6.07) is 4.08. The van der Waals surface area contributed by atoms with Gasteiger partial charge in [0.15, 0.2) is 12.4 Å². The van der Waals surface area contributed by atoms with Crippen LogP contribution >= 0.6 is 0 Å². The average molecular weight is 258 g/mol. The highest BCUT2D eigenvalue weighted by Crippen LogP contribution is 2.06. The highest BCUT2D eigenvalue weighted by molar-refractivity contribution is 5.65. The van der Waals surface area contributed by atoms with E-state index in [-0.39, 0.29) is 24.6 Å². The maximum absolute atomic E-state index is 10.9. The van der Waals surface area contributed by atoms with Crippen LogP contribution in [0.1, 0.15) is 39.5 Å². The van der Waals surface area contributed by atoms with Gasteiger partial charge < -0.3 is 17.1 Å². The molecule has 1 heterocycles. The smallest absolute Gasteiger partial charge is 0.307 e. The van der Waals surface area contributed by atoms with Gasteiger partial charge >= 0.3 is 12.2 Å². The molecule has 17 heavy (non-hydrogen) atoms. The minimum atomic E-state index is -0.255. The second kappa shape index (κ2) is 7.28. The van der Waals surface area contributed by atoms with Gasteiger partial charge in [0.2, 0.25) is 0 Å². The van der Waals surface area contributed by atoms with E-state index >= 15 is 0 Å². The van der Waals surface area contributed by atoms with Gasteiger partial charge in [-0.2, -0.15) is 4.57 Å². The topological polar surface area (TPSA) is 30.2 Å². The SMILES string of the molecule is CC(=O)OC(C)[n+]1cccc(CC(C)C)c1.[Cl-]. The molecule has 0 saturated heterocycles. The van der Waals surface area contributed by atoms with E-state index in [0.29, 0.717) is 5.92 Å². The first-order chi connectivity index (χ1) is 7.49. The van der Waals surface area contributed by atoms with Gasteiger partial charge in [0.25, 0.3) is 0 Å². The van der Waals surface area contributed by atoms with E-state index < -0.39 is 0 Å². The fourth-order valence-corrected chi connectivity index (χ4v) is 1.66. The van der Waals surface area contributed by atoms with Crippen LogP contribution in [0.15, 0.2) is 24.5 Å². The van der Waals surface area contributed by atoms with Crippen molar-refractivity contribution in [1.82, 2.24) is 0 Å². The maximum Gasteiger partial charge on any atom is 0.307 e. The first-order valence-electron chi connectivity index (χ1n) is 5.66. The van der Waals surface area contributed by atoms with Gasteiger partial charge in [-0.25, -0.2) is 0 Å². The molecule has 3 nitrogen and oxygen atoms in total. The zero-order valence-electron chi connectivity index (χ0n) is 10.8. The third-order valence-corrected chi connectivity index (χ3v) is 2.28. The largest absolute Gasteiger partial charge is 1.00 e. The Balaban J connectivity index is 0.00000256. The van der Waals surface area contributed by atoms with Crippen LogP contribution in [0.4, 0.5) is 0 Å². The number of halogens is 1. The van der Waals surface area contributed by atoms with Gasteiger partial charge in [-0.1, -0.05) is 13.8 Å². The molecule has 0 amide bonds. The highest BCUT2D eigenvalue weighted by Gasteiger charge is 2.15. The average Bonchev–Trinajstić information content (AvgIpc) is 2.16. The third kappa shape index (κ3) is 5.68. The molecule has 0 aliphatic heterocycles. The molecule has 0 aliphatic rings. The molecule has 1 unspecified atom stereocenters. The maximum atomic E-state index is 10.9. The first-order valence-corrected chi connectivity index (χ1v) is 5.66. The lowest BCUT2D eigenvalue weighted by molar-refractivity contribution is -0.753. The van der Waals surface area contributed by atoms with Crippen molar-refractivity contribution in [1.29, 1.82) is 0 Å². The number of carbonyl (C=O) groups is 1. The number of nitrogens with zero attached hydrogens (tertiary/aromatic N) is 1. The molecule has 1 aromatic rings. The number of hydrogen-bond donors (Lipinski definition) is 0. The molecule has 0 bridgehead atoms. The first kappa shape index (κ1) is 15.9. The summed E-state index contributed by atoms with van der Waals surface area (Å²) in [6.45, 7) is 7.66. The Morgan fingerprint density at radius 3 is 2.59 bits per heavy atom. The summed E-state index contributed by atoms with van der Waals surface area (Å²) in [5.74, 6) is 0.370. The second-order valence-corrected chi connectivity index (χ2v) is 4.47. The molecule has 1 aromatic heterocycles. The number of hydrogen-bond acceptors (Lipinski definition) is 2. The van der Waals surface area contributed by atoms with Crippen molar-refractivity contribution in [3.8, 4) is 0 Å². The van der Waals surface area contributed by atoms with Crippen molar-refractivity contribution >= 4 is 5.97 Å². The minimum absolute atomic E-state index is 0. The van der Waals surface area contributed by atoms with E-state index in [2.05, 4.69) is 19.9 Å². The summed E-state index contributed by atoms with van der Waals surface area (Å²) in [7, 11) is 0. The molecule has 4 heteroatoms. The van der Waals surface area contributed by atoms with E-state index in [4.69, 9.17) is 4.74 Å². The normalized spacial score (nSPS) is 11.8. The lowest BCUT2D eigenvalue weighted by atomic mass is 10.1. The molecule has 1 rings (SSSR count). The summed E-state index contributed by atoms with van der Waals surface area (Å²) in [5.41, 5.74) is 1.26. The van der Waals surface area contributed by atoms with Crippen LogP contribution in [0.5, 0.6) is 0 Å². The van der Waals surface area contributed by atoms with Gasteiger partial charge in [0, 0.05) is 25.5 Å². The lowest BCUT2D eigenvalue weighted by Crippen LogP contribution is -3.00. The van der Waals surface area contributed by atoms with Crippen LogP contribution in [0.3, 0.4) is 0 Å². The van der Waals surface area contributed by atoms with Crippen LogP contribution in [0.25, 0.3) is 0 Å². The standard InChI is InChI=1S/C13H20NO2.ClH/c1-10(2)8-13-6-5-7-14(9-13)11(3)16-12(4)15;/h5-7,9-11H,8H2,1-4H3;1H/q+1;/p-1. The van der Waals surface area contributed by atoms with Crippen molar-refractivity contribution < 1.29 is 26.5 Å². The molecule has 1 atom stereocenters. The summed E-state index contributed by atoms with van der Waals surface area (Å²) in [5, 5.41) is 0. The monoisotopic (exact) mass is 257 g/mol. The third-order valence-electron chi connectivity index (χ3n) is 2.28. The second-order valence-electron chi connectivity index (χ2n) is 4.47. The van der Waals surface area contributed by atoms with Gasteiger partial charge in [-0.15, -0.1) is 0 Å². The molecule has 0 aromatic carbocycles. The highest BCUT2D eigenvalue weighted by atomic mass is 35.5. The van der Waals surface area contributed by atoms with Crippen molar-refractivity contribution in [2.24, 2.45) is 5.92 Å². The quantitative estimate of drug-likeness (QED) is 0.525. The van der Waals surface area contributed by atoms with Gasteiger partial charge in [-0.3, -0.25) is 4.79 Å². The minimum Gasteiger partial charge on any atom is -1.00 e. The Hall–Kier alpha value is -1.09. The van der Waals surface area contributed by atoms with E-state index in [0.717, 1.165) is 6.42 Å². The van der Waals surface area contributed by atoms with E-state index in [1.54, 1.807) is 0 Å². The Morgan fingerprint density at radius 2 is 2.06 bits per heavy atom. The molecule has 0 spiro atoms. The molecule has 0 fully saturated rings. The van der Waals surface area contributed by atoms with Crippen molar-refractivity contribution in [3.05, 3.63) is 30.1 Å². The zero-order chi connectivity index (χ0) is 12.1. The molecule has 0 saturated carbocycles. The Labute approximate surface area is 109 Å². The fourth-order valence-electron chi connectivity index (χ4n) is 1.66. The van der Waals surface area contributed by atoms with Crippen LogP contribution in [0, 0.1) is 5.92 Å². The number of esters is 1. The van der Waals surface area contributed by atoms with Crippen LogP contribution in [-0.2, 0) is 16.0 Å². The van der Waals surface area contributed by atoms with Crippen LogP contribution in [-0.4, -0.2) is 5.97 Å². The molecular formula is C13H20ClNO2. The van der Waals surface area contributed by atoms with Gasteiger partial charge in [0.05, 0.1) is 0 Å². The Bertz CT molecular complexity index is 366. The lowest BCUT2D eigenvalue weighted by Gasteiger charge is -2.08. The van der Waals surface area contributed by atoms with Gasteiger partial charge in [0.1, 0.15) is 0 Å². The van der Waals surface area contributed by atoms with Crippen molar-refractivity contribution in [2.75, 3.05) is 0 Å². The van der Waals surface area contributed by atoms with Crippen LogP contribution < -0.4 is 17.0 Å². The van der Waals surface area contributed by atoms with E-state index in [9.17, 15) is 4.79 Å². The number of pyridine rings is 1. The van der Waals surface area contributed by atoms with Crippen molar-refractivity contribution in [2.45, 2.75) is 40.3 Å². The van der Waals surface area contributed by atoms with Crippen LogP contribution in [0.2, 0.25) is 0 Å². The summed E-state index contributed by atoms with van der Waals surface area (Å²) < 4.78 is 7.04. The Kier molecular flexibility index (Phi) is 6.81. The van der Waals surface area contributed by atoms with E-state index in [1.165, 1.54) is 12.5 Å². The number of aromatic nitrogens is 1. The predicted molar refractivity (Wildman–Crippen MR) is 61.7 cm³/mol. The fraction of sp³-hybridized carbons (Fsp3) is 0.538. The summed E-state index contributed by atoms with van der Waals surface area (Å²) in [4.78, 5) is 10.9. The molecular weight excluding hydrogens is 238 g/mol. The number of ether oxygens (including phenoxy) is 1. The molecule has 0 aliphatic carbocycles. The van der Waals surface area contributed by atoms with Crippen molar-refractivity contribution in [3.63, 3.8) is 0 Å². The summed E-state index contributed by atoms with van der Waals surface area (Å²) in [6.07, 6.45) is 4.74. The Morgan fingerprint density at radius 1 is 1.41 bits per heavy atom. The molecule has 0 radical (unpaired) electrons. The molecule has 0 N–H and O–H groups in total. The number of carbonyl (C=O) groups excluding carboxylic acids is 1. The number of rotatable bonds is 4. The predicted octanol–water partition coefficient (Wildman–Crippen LogP) is -0.742. The molecule has 96 valence electrons. The zero-order valence-corrected chi connectivity index (χ0v) is 11.6. The van der Waals surface area contributed by atoms with Gasteiger partial charge in [-0.05, 0) is 18.4 Å².